The number of likely N-dealkylation sites (N-methyl/N-ethyl adjacent to an activating group) is 1. The molecule has 236 valence electrons. The molecule has 0 spiro atoms. The maximum atomic E-state index is 13.1. The number of nitrogens with one attached hydrogen (secondary N) is 1. The van der Waals surface area contributed by atoms with E-state index < -0.39 is 26.7 Å². The van der Waals surface area contributed by atoms with E-state index in [0.29, 0.717) is 44.1 Å². The number of likely N-dealkylation sites (tertiary alicyclic amines) is 1. The number of hydrogen-bond donors (Lipinski definition) is 1. The monoisotopic (exact) mass is 624 g/mol. The summed E-state index contributed by atoms with van der Waals surface area (Å²) in [5.74, 6) is -0.267. The summed E-state index contributed by atoms with van der Waals surface area (Å²) in [4.78, 5) is 35.9. The van der Waals surface area contributed by atoms with Gasteiger partial charge in [0, 0.05) is 89.3 Å². The van der Waals surface area contributed by atoms with E-state index >= 15 is 0 Å². The molecule has 2 aromatic rings. The predicted molar refractivity (Wildman–Crippen MR) is 155 cm³/mol. The molecule has 1 N–H and O–H groups in total. The second-order valence-electron chi connectivity index (χ2n) is 11.3. The van der Waals surface area contributed by atoms with Crippen molar-refractivity contribution >= 4 is 21.8 Å². The molecule has 2 aliphatic rings. The minimum Gasteiger partial charge on any atom is -0.350 e. The van der Waals surface area contributed by atoms with Gasteiger partial charge in [0.25, 0.3) is 5.91 Å². The lowest BCUT2D eigenvalue weighted by molar-refractivity contribution is -0.138. The molecule has 0 atom stereocenters. The van der Waals surface area contributed by atoms with Crippen molar-refractivity contribution in [1.82, 2.24) is 29.3 Å². The Balaban J connectivity index is 1.32. The number of sulfonamides is 1. The van der Waals surface area contributed by atoms with Crippen LogP contribution in [-0.4, -0.2) is 116 Å². The van der Waals surface area contributed by atoms with Crippen LogP contribution in [0.5, 0.6) is 0 Å². The Morgan fingerprint density at radius 1 is 1.02 bits per heavy atom. The van der Waals surface area contributed by atoms with Crippen molar-refractivity contribution < 1.29 is 31.2 Å². The number of nitrogens with zero attached hydrogens (tertiary/aromatic N) is 5. The number of alkyl halides is 3. The van der Waals surface area contributed by atoms with Crippen LogP contribution in [0.15, 0.2) is 53.7 Å². The van der Waals surface area contributed by atoms with Gasteiger partial charge in [0.15, 0.2) is 0 Å². The zero-order valence-corrected chi connectivity index (χ0v) is 25.3. The molecular formula is C29H39F3N6O4S. The normalized spacial score (nSPS) is 18.5. The van der Waals surface area contributed by atoms with E-state index in [9.17, 15) is 31.2 Å². The van der Waals surface area contributed by atoms with E-state index in [2.05, 4.69) is 27.1 Å². The summed E-state index contributed by atoms with van der Waals surface area (Å²) in [6.07, 6.45) is 0.212. The average Bonchev–Trinajstić information content (AvgIpc) is 3.00. The molecular weight excluding hydrogens is 585 g/mol. The Hall–Kier alpha value is -3.07. The number of carbonyl (C=O) groups is 2. The Kier molecular flexibility index (Phi) is 10.5. The van der Waals surface area contributed by atoms with E-state index in [-0.39, 0.29) is 36.7 Å². The highest BCUT2D eigenvalue weighted by Gasteiger charge is 2.42. The molecule has 0 radical (unpaired) electrons. The van der Waals surface area contributed by atoms with Crippen molar-refractivity contribution in [3.8, 4) is 0 Å². The third kappa shape index (κ3) is 8.11. The smallest absolute Gasteiger partial charge is 0.350 e. The number of piperidine rings is 1. The Bertz CT molecular complexity index is 1360. The van der Waals surface area contributed by atoms with Crippen molar-refractivity contribution in [2.75, 3.05) is 66.5 Å². The Morgan fingerprint density at radius 2 is 1.67 bits per heavy atom. The molecule has 2 aliphatic heterocycles. The summed E-state index contributed by atoms with van der Waals surface area (Å²) < 4.78 is 65.9. The molecule has 3 heterocycles. The fourth-order valence-electron chi connectivity index (χ4n) is 5.65. The number of amides is 2. The third-order valence-electron chi connectivity index (χ3n) is 8.47. The predicted octanol–water partition coefficient (Wildman–Crippen LogP) is 2.54. The van der Waals surface area contributed by atoms with Crippen LogP contribution in [0.2, 0.25) is 0 Å². The van der Waals surface area contributed by atoms with Gasteiger partial charge in [0.1, 0.15) is 0 Å². The molecule has 0 aliphatic carbocycles. The SMILES string of the molecule is CN1CCN(C2(CNC(=O)c3ccncc3)CCN(C(=O)CCCN(C)S(=O)(=O)c3cccc(C(F)(F)F)c3)CC2)CC1. The zero-order chi connectivity index (χ0) is 31.3. The van der Waals surface area contributed by atoms with Gasteiger partial charge < -0.3 is 15.1 Å². The molecule has 0 unspecified atom stereocenters. The number of benzene rings is 1. The largest absolute Gasteiger partial charge is 0.416 e. The first kappa shape index (κ1) is 32.8. The van der Waals surface area contributed by atoms with Gasteiger partial charge in [-0.05, 0) is 56.6 Å². The van der Waals surface area contributed by atoms with E-state index in [1.54, 1.807) is 29.4 Å². The fourth-order valence-corrected chi connectivity index (χ4v) is 6.91. The number of piperazine rings is 1. The first-order valence-electron chi connectivity index (χ1n) is 14.4. The van der Waals surface area contributed by atoms with Crippen molar-refractivity contribution in [2.24, 2.45) is 0 Å². The number of hydrogen-bond acceptors (Lipinski definition) is 7. The molecule has 43 heavy (non-hydrogen) atoms. The van der Waals surface area contributed by atoms with Gasteiger partial charge in [-0.3, -0.25) is 19.5 Å². The molecule has 1 aromatic heterocycles. The second-order valence-corrected chi connectivity index (χ2v) is 13.3. The molecule has 1 aromatic carbocycles. The lowest BCUT2D eigenvalue weighted by Crippen LogP contribution is -2.64. The highest BCUT2D eigenvalue weighted by Crippen LogP contribution is 2.32. The number of halogens is 3. The van der Waals surface area contributed by atoms with Crippen molar-refractivity contribution in [3.63, 3.8) is 0 Å². The van der Waals surface area contributed by atoms with Crippen LogP contribution in [0.4, 0.5) is 13.2 Å². The molecule has 2 saturated heterocycles. The van der Waals surface area contributed by atoms with Crippen LogP contribution in [0.25, 0.3) is 0 Å². The highest BCUT2D eigenvalue weighted by molar-refractivity contribution is 7.89. The van der Waals surface area contributed by atoms with Crippen molar-refractivity contribution in [3.05, 3.63) is 59.9 Å². The second kappa shape index (κ2) is 13.7. The molecule has 2 amide bonds. The van der Waals surface area contributed by atoms with Gasteiger partial charge in [-0.1, -0.05) is 6.07 Å². The average molecular weight is 625 g/mol. The van der Waals surface area contributed by atoms with Crippen LogP contribution in [0.1, 0.15) is 41.6 Å². The summed E-state index contributed by atoms with van der Waals surface area (Å²) >= 11 is 0. The molecule has 4 rings (SSSR count). The van der Waals surface area contributed by atoms with E-state index in [1.165, 1.54) is 7.05 Å². The van der Waals surface area contributed by atoms with Crippen LogP contribution < -0.4 is 5.32 Å². The van der Waals surface area contributed by atoms with E-state index in [4.69, 9.17) is 0 Å². The van der Waals surface area contributed by atoms with Crippen molar-refractivity contribution in [1.29, 1.82) is 0 Å². The van der Waals surface area contributed by atoms with Crippen LogP contribution >= 0.6 is 0 Å². The molecule has 0 bridgehead atoms. The molecule has 2 fully saturated rings. The molecule has 10 nitrogen and oxygen atoms in total. The van der Waals surface area contributed by atoms with E-state index in [1.807, 2.05) is 0 Å². The minimum absolute atomic E-state index is 0.00949. The van der Waals surface area contributed by atoms with Gasteiger partial charge in [-0.15, -0.1) is 0 Å². The maximum Gasteiger partial charge on any atom is 0.416 e. The maximum absolute atomic E-state index is 13.1. The van der Waals surface area contributed by atoms with Gasteiger partial charge >= 0.3 is 6.18 Å². The van der Waals surface area contributed by atoms with Gasteiger partial charge in [0.05, 0.1) is 10.5 Å². The summed E-state index contributed by atoms with van der Waals surface area (Å²) in [5.41, 5.74) is -0.789. The minimum atomic E-state index is -4.65. The van der Waals surface area contributed by atoms with Gasteiger partial charge in [-0.2, -0.15) is 13.2 Å². The van der Waals surface area contributed by atoms with E-state index in [0.717, 1.165) is 48.7 Å². The lowest BCUT2D eigenvalue weighted by atomic mass is 9.84. The zero-order valence-electron chi connectivity index (χ0n) is 24.5. The first-order valence-corrected chi connectivity index (χ1v) is 15.8. The van der Waals surface area contributed by atoms with Crippen molar-refractivity contribution in [2.45, 2.75) is 42.3 Å². The summed E-state index contributed by atoms with van der Waals surface area (Å²) in [7, 11) is -0.769. The lowest BCUT2D eigenvalue weighted by Gasteiger charge is -2.51. The quantitative estimate of drug-likeness (QED) is 0.433. The number of pyridine rings is 1. The highest BCUT2D eigenvalue weighted by atomic mass is 32.2. The van der Waals surface area contributed by atoms with Gasteiger partial charge in [-0.25, -0.2) is 12.7 Å². The van der Waals surface area contributed by atoms with Crippen LogP contribution in [-0.2, 0) is 21.0 Å². The molecule has 14 heteroatoms. The standard InChI is InChI=1S/C29H39F3N6O4S/c1-35-17-19-38(20-18-35)28(22-34-27(40)23-8-12-33-13-9-23)10-15-37(16-11-28)26(39)7-4-14-36(2)43(41,42)25-6-3-5-24(21-25)29(30,31)32/h3,5-6,8-9,12-13,21H,4,7,10-11,14-20,22H2,1-2H3,(H,34,40). The number of aromatic nitrogens is 1. The van der Waals surface area contributed by atoms with Crippen LogP contribution in [0, 0.1) is 0 Å². The Labute approximate surface area is 250 Å². The fraction of sp³-hybridized carbons (Fsp3) is 0.552. The summed E-state index contributed by atoms with van der Waals surface area (Å²) in [6, 6.07) is 6.98. The van der Waals surface area contributed by atoms with Crippen LogP contribution in [0.3, 0.4) is 0 Å². The topological polar surface area (TPSA) is 106 Å². The summed E-state index contributed by atoms with van der Waals surface area (Å²) in [6.45, 7) is 5.02. The first-order chi connectivity index (χ1) is 20.3. The molecule has 0 saturated carbocycles. The number of rotatable bonds is 10. The Morgan fingerprint density at radius 3 is 2.30 bits per heavy atom. The third-order valence-corrected chi connectivity index (χ3v) is 10.3. The summed E-state index contributed by atoms with van der Waals surface area (Å²) in [5, 5.41) is 3.10. The number of carbonyl (C=O) groups excluding carboxylic acids is 2. The van der Waals surface area contributed by atoms with Gasteiger partial charge in [0.2, 0.25) is 15.9 Å².